The molecular weight excluding hydrogens is 370 g/mol. The van der Waals surface area contributed by atoms with Crippen LogP contribution in [0.5, 0.6) is 0 Å². The summed E-state index contributed by atoms with van der Waals surface area (Å²) in [7, 11) is -3.94. The summed E-state index contributed by atoms with van der Waals surface area (Å²) >= 11 is 0. The first-order valence-corrected chi connectivity index (χ1v) is 10.7. The average molecular weight is 396 g/mol. The predicted octanol–water partition coefficient (Wildman–Crippen LogP) is 4.46. The van der Waals surface area contributed by atoms with E-state index in [4.69, 9.17) is 0 Å². The van der Waals surface area contributed by atoms with Crippen molar-refractivity contribution in [3.8, 4) is 0 Å². The summed E-state index contributed by atoms with van der Waals surface area (Å²) in [6.07, 6.45) is 3.52. The lowest BCUT2D eigenvalue weighted by Crippen LogP contribution is -2.37. The number of carbonyl (C=O) groups excluding carboxylic acids is 1. The lowest BCUT2D eigenvalue weighted by atomic mass is 9.87. The van der Waals surface area contributed by atoms with Gasteiger partial charge in [-0.25, -0.2) is 12.7 Å². The molecule has 1 amide bonds. The van der Waals surface area contributed by atoms with E-state index in [0.717, 1.165) is 26.6 Å². The normalized spacial score (nSPS) is 14.9. The van der Waals surface area contributed by atoms with E-state index in [9.17, 15) is 13.2 Å². The fourth-order valence-electron chi connectivity index (χ4n) is 3.60. The van der Waals surface area contributed by atoms with E-state index < -0.39 is 15.9 Å². The van der Waals surface area contributed by atoms with E-state index in [1.165, 1.54) is 18.2 Å². The number of nitrogens with zero attached hydrogens (tertiary/aromatic N) is 1. The third kappa shape index (κ3) is 3.67. The molecule has 146 valence electrons. The largest absolute Gasteiger partial charge is 0.273 e. The molecule has 2 aromatic rings. The van der Waals surface area contributed by atoms with Gasteiger partial charge in [0.25, 0.3) is 10.0 Å². The molecular formula is C23H25NO3S. The van der Waals surface area contributed by atoms with Crippen molar-refractivity contribution in [2.24, 2.45) is 0 Å². The van der Waals surface area contributed by atoms with Gasteiger partial charge in [0.1, 0.15) is 0 Å². The van der Waals surface area contributed by atoms with Gasteiger partial charge in [-0.1, -0.05) is 68.0 Å². The Bertz CT molecular complexity index is 1050. The first kappa shape index (κ1) is 20.1. The lowest BCUT2D eigenvalue weighted by molar-refractivity contribution is -0.125. The molecule has 0 aliphatic heterocycles. The number of sulfonamides is 1. The van der Waals surface area contributed by atoms with Crippen LogP contribution < -0.4 is 0 Å². The Labute approximate surface area is 167 Å². The van der Waals surface area contributed by atoms with Gasteiger partial charge in [-0.05, 0) is 35.8 Å². The van der Waals surface area contributed by atoms with Crippen molar-refractivity contribution in [2.75, 3.05) is 6.54 Å². The van der Waals surface area contributed by atoms with Gasteiger partial charge in [-0.3, -0.25) is 4.79 Å². The molecule has 1 aliphatic rings. The zero-order chi connectivity index (χ0) is 20.5. The van der Waals surface area contributed by atoms with Crippen molar-refractivity contribution in [3.63, 3.8) is 0 Å². The molecule has 0 N–H and O–H groups in total. The summed E-state index contributed by atoms with van der Waals surface area (Å²) in [4.78, 5) is 13.2. The maximum Gasteiger partial charge on any atom is 0.266 e. The van der Waals surface area contributed by atoms with Crippen molar-refractivity contribution >= 4 is 21.5 Å². The second-order valence-electron chi connectivity index (χ2n) is 7.65. The number of aryl methyl sites for hydroxylation is 1. The van der Waals surface area contributed by atoms with Gasteiger partial charge in [0, 0.05) is 5.41 Å². The second kappa shape index (κ2) is 7.40. The van der Waals surface area contributed by atoms with E-state index >= 15 is 0 Å². The molecule has 0 bridgehead atoms. The zero-order valence-electron chi connectivity index (χ0n) is 16.5. The number of allylic oxidation sites excluding steroid dienone is 1. The summed E-state index contributed by atoms with van der Waals surface area (Å²) in [5.74, 6) is -0.459. The molecule has 0 saturated carbocycles. The number of fused-ring (bicyclic) bond motifs is 1. The Hall–Kier alpha value is -2.66. The zero-order valence-corrected chi connectivity index (χ0v) is 17.3. The topological polar surface area (TPSA) is 54.5 Å². The van der Waals surface area contributed by atoms with Crippen molar-refractivity contribution in [2.45, 2.75) is 37.5 Å². The third-order valence-electron chi connectivity index (χ3n) is 5.03. The van der Waals surface area contributed by atoms with Crippen LogP contribution in [0.4, 0.5) is 0 Å². The molecule has 4 nitrogen and oxygen atoms in total. The van der Waals surface area contributed by atoms with Crippen LogP contribution in [-0.4, -0.2) is 25.2 Å². The molecule has 0 heterocycles. The molecule has 28 heavy (non-hydrogen) atoms. The fourth-order valence-corrected chi connectivity index (χ4v) is 4.97. The Morgan fingerprint density at radius 2 is 1.75 bits per heavy atom. The number of rotatable bonds is 6. The van der Waals surface area contributed by atoms with E-state index in [1.807, 2.05) is 31.2 Å². The van der Waals surface area contributed by atoms with Crippen molar-refractivity contribution in [1.82, 2.24) is 4.31 Å². The minimum atomic E-state index is -3.94. The Morgan fingerprint density at radius 3 is 2.39 bits per heavy atom. The first-order chi connectivity index (χ1) is 13.2. The van der Waals surface area contributed by atoms with Gasteiger partial charge in [0.2, 0.25) is 5.91 Å². The molecule has 2 aromatic carbocycles. The van der Waals surface area contributed by atoms with Gasteiger partial charge in [-0.15, -0.1) is 6.58 Å². The average Bonchev–Trinajstić information content (AvgIpc) is 2.90. The van der Waals surface area contributed by atoms with Gasteiger partial charge in [0.05, 0.1) is 17.9 Å². The first-order valence-electron chi connectivity index (χ1n) is 9.21. The number of amides is 1. The highest BCUT2D eigenvalue weighted by atomic mass is 32.2. The van der Waals surface area contributed by atoms with Crippen LogP contribution in [0.25, 0.3) is 5.57 Å². The minimum Gasteiger partial charge on any atom is -0.273 e. The second-order valence-corrected chi connectivity index (χ2v) is 9.51. The molecule has 0 unspecified atom stereocenters. The maximum absolute atomic E-state index is 13.1. The smallest absolute Gasteiger partial charge is 0.266 e. The Morgan fingerprint density at radius 1 is 1.11 bits per heavy atom. The molecule has 0 fully saturated rings. The van der Waals surface area contributed by atoms with Crippen LogP contribution in [0, 0.1) is 6.92 Å². The molecule has 3 rings (SSSR count). The maximum atomic E-state index is 13.1. The van der Waals surface area contributed by atoms with Gasteiger partial charge in [0.15, 0.2) is 0 Å². The van der Waals surface area contributed by atoms with Crippen molar-refractivity contribution in [1.29, 1.82) is 0 Å². The van der Waals surface area contributed by atoms with Crippen LogP contribution in [0.3, 0.4) is 0 Å². The fraction of sp³-hybridized carbons (Fsp3) is 0.261. The predicted molar refractivity (Wildman–Crippen MR) is 112 cm³/mol. The standard InChI is InChI=1S/C23H25NO3S/c1-5-14-24(28(26,27)19-12-10-17(2)11-13-19)22(25)15-18-16-23(3,4)21-9-7-6-8-20(18)21/h5-13,16H,1,14-15H2,2-4H3. The highest BCUT2D eigenvalue weighted by molar-refractivity contribution is 7.89. The van der Waals surface area contributed by atoms with Crippen molar-refractivity contribution in [3.05, 3.63) is 84.0 Å². The Balaban J connectivity index is 1.93. The highest BCUT2D eigenvalue weighted by Gasteiger charge is 2.33. The molecule has 0 radical (unpaired) electrons. The van der Waals surface area contributed by atoms with Crippen LogP contribution in [0.15, 0.2) is 72.2 Å². The number of benzene rings is 2. The number of hydrogen-bond donors (Lipinski definition) is 0. The SMILES string of the molecule is C=CCN(C(=O)CC1=CC(C)(C)c2ccccc21)S(=O)(=O)c1ccc(C)cc1. The van der Waals surface area contributed by atoms with Gasteiger partial charge in [-0.2, -0.15) is 0 Å². The van der Waals surface area contributed by atoms with Gasteiger partial charge < -0.3 is 0 Å². The summed E-state index contributed by atoms with van der Waals surface area (Å²) in [6.45, 7) is 9.63. The lowest BCUT2D eigenvalue weighted by Gasteiger charge is -2.21. The highest BCUT2D eigenvalue weighted by Crippen LogP contribution is 2.41. The third-order valence-corrected chi connectivity index (χ3v) is 6.83. The van der Waals surface area contributed by atoms with Crippen LogP contribution in [0.1, 0.15) is 37.0 Å². The van der Waals surface area contributed by atoms with E-state index in [2.05, 4.69) is 26.5 Å². The van der Waals surface area contributed by atoms with E-state index in [-0.39, 0.29) is 23.3 Å². The summed E-state index contributed by atoms with van der Waals surface area (Å²) in [5, 5.41) is 0. The van der Waals surface area contributed by atoms with E-state index in [0.29, 0.717) is 0 Å². The van der Waals surface area contributed by atoms with Crippen molar-refractivity contribution < 1.29 is 13.2 Å². The summed E-state index contributed by atoms with van der Waals surface area (Å²) < 4.78 is 27.0. The summed E-state index contributed by atoms with van der Waals surface area (Å²) in [6, 6.07) is 14.4. The Kier molecular flexibility index (Phi) is 5.31. The molecule has 5 heteroatoms. The monoisotopic (exact) mass is 395 g/mol. The molecule has 0 aromatic heterocycles. The number of carbonyl (C=O) groups is 1. The van der Waals surface area contributed by atoms with Gasteiger partial charge >= 0.3 is 0 Å². The van der Waals surface area contributed by atoms with E-state index in [1.54, 1.807) is 12.1 Å². The van der Waals surface area contributed by atoms with Crippen LogP contribution >= 0.6 is 0 Å². The quantitative estimate of drug-likeness (QED) is 0.679. The molecule has 0 atom stereocenters. The molecule has 1 aliphatic carbocycles. The summed E-state index contributed by atoms with van der Waals surface area (Å²) in [5.41, 5.74) is 3.78. The molecule has 0 spiro atoms. The van der Waals surface area contributed by atoms with Crippen LogP contribution in [-0.2, 0) is 20.2 Å². The molecule has 0 saturated heterocycles. The van der Waals surface area contributed by atoms with Crippen LogP contribution in [0.2, 0.25) is 0 Å². The minimum absolute atomic E-state index is 0.0272. The number of hydrogen-bond acceptors (Lipinski definition) is 3.